The number of aliphatic carboxylic acids is 1. The Kier molecular flexibility index (Phi) is 6.76. The van der Waals surface area contributed by atoms with Crippen molar-refractivity contribution in [1.29, 1.82) is 0 Å². The van der Waals surface area contributed by atoms with Crippen LogP contribution in [-0.4, -0.2) is 17.6 Å². The van der Waals surface area contributed by atoms with Crippen LogP contribution in [0.25, 0.3) is 0 Å². The van der Waals surface area contributed by atoms with Crippen molar-refractivity contribution >= 4 is 5.97 Å². The highest BCUT2D eigenvalue weighted by Crippen LogP contribution is 2.14. The molecule has 0 rings (SSSR count). The molecular weight excluding hydrogens is 154 g/mol. The van der Waals surface area contributed by atoms with Crippen LogP contribution in [-0.2, 0) is 4.79 Å². The zero-order chi connectivity index (χ0) is 9.40. The zero-order valence-electron chi connectivity index (χ0n) is 7.75. The van der Waals surface area contributed by atoms with Crippen LogP contribution in [0.3, 0.4) is 0 Å². The molecule has 72 valence electrons. The van der Waals surface area contributed by atoms with Gasteiger partial charge in [-0.05, 0) is 25.8 Å². The van der Waals surface area contributed by atoms with Gasteiger partial charge < -0.3 is 10.8 Å². The standard InChI is InChI=1S/C9H19NO2/c1-2-5-8(9(11)12)6-3-4-7-10/h8H,2-7,10H2,1H3,(H,11,12)/t8-/m0/s1. The average Bonchev–Trinajstić information content (AvgIpc) is 2.03. The molecule has 0 bridgehead atoms. The SMILES string of the molecule is CCC[C@@H](CCCCN)C(=O)O. The molecule has 3 nitrogen and oxygen atoms in total. The third-order valence-corrected chi connectivity index (χ3v) is 1.99. The molecule has 0 aromatic rings. The van der Waals surface area contributed by atoms with Gasteiger partial charge in [0.15, 0.2) is 0 Å². The molecule has 3 heteroatoms. The van der Waals surface area contributed by atoms with Crippen LogP contribution in [0.15, 0.2) is 0 Å². The predicted octanol–water partition coefficient (Wildman–Crippen LogP) is 1.62. The lowest BCUT2D eigenvalue weighted by Gasteiger charge is -2.09. The summed E-state index contributed by atoms with van der Waals surface area (Å²) in [5.41, 5.74) is 5.32. The molecule has 0 fully saturated rings. The van der Waals surface area contributed by atoms with Gasteiger partial charge in [0.2, 0.25) is 0 Å². The Labute approximate surface area is 74.0 Å². The maximum Gasteiger partial charge on any atom is 0.306 e. The molecule has 0 aliphatic rings. The first kappa shape index (κ1) is 11.4. The summed E-state index contributed by atoms with van der Waals surface area (Å²) < 4.78 is 0. The second-order valence-electron chi connectivity index (χ2n) is 3.11. The van der Waals surface area contributed by atoms with Gasteiger partial charge in [-0.15, -0.1) is 0 Å². The van der Waals surface area contributed by atoms with E-state index in [-0.39, 0.29) is 5.92 Å². The van der Waals surface area contributed by atoms with Crippen molar-refractivity contribution in [2.24, 2.45) is 11.7 Å². The van der Waals surface area contributed by atoms with Crippen LogP contribution in [0.5, 0.6) is 0 Å². The molecule has 0 aromatic carbocycles. The van der Waals surface area contributed by atoms with Gasteiger partial charge in [0.05, 0.1) is 5.92 Å². The lowest BCUT2D eigenvalue weighted by atomic mass is 9.97. The summed E-state index contributed by atoms with van der Waals surface area (Å²) in [6.07, 6.45) is 4.39. The normalized spacial score (nSPS) is 12.8. The van der Waals surface area contributed by atoms with Gasteiger partial charge in [0.1, 0.15) is 0 Å². The first-order valence-electron chi connectivity index (χ1n) is 4.65. The van der Waals surface area contributed by atoms with Gasteiger partial charge in [-0.1, -0.05) is 19.8 Å². The van der Waals surface area contributed by atoms with Gasteiger partial charge in [-0.25, -0.2) is 0 Å². The summed E-state index contributed by atoms with van der Waals surface area (Å²) in [6.45, 7) is 2.68. The van der Waals surface area contributed by atoms with Crippen molar-refractivity contribution in [3.05, 3.63) is 0 Å². The van der Waals surface area contributed by atoms with E-state index in [4.69, 9.17) is 10.8 Å². The van der Waals surface area contributed by atoms with E-state index in [0.717, 1.165) is 32.1 Å². The van der Waals surface area contributed by atoms with Crippen LogP contribution in [0.2, 0.25) is 0 Å². The lowest BCUT2D eigenvalue weighted by molar-refractivity contribution is -0.142. The number of rotatable bonds is 7. The molecule has 0 saturated heterocycles. The van der Waals surface area contributed by atoms with Gasteiger partial charge >= 0.3 is 5.97 Å². The minimum atomic E-state index is -0.658. The molecule has 0 saturated carbocycles. The zero-order valence-corrected chi connectivity index (χ0v) is 7.75. The summed E-state index contributed by atoms with van der Waals surface area (Å²) in [5.74, 6) is -0.810. The number of carboxylic acid groups (broad SMARTS) is 1. The summed E-state index contributed by atoms with van der Waals surface area (Å²) in [4.78, 5) is 10.7. The van der Waals surface area contributed by atoms with Crippen LogP contribution in [0.1, 0.15) is 39.0 Å². The second-order valence-corrected chi connectivity index (χ2v) is 3.11. The Bertz CT molecular complexity index is 126. The monoisotopic (exact) mass is 173 g/mol. The molecule has 0 amide bonds. The minimum absolute atomic E-state index is 0.151. The number of unbranched alkanes of at least 4 members (excludes halogenated alkanes) is 1. The van der Waals surface area contributed by atoms with E-state index >= 15 is 0 Å². The maximum absolute atomic E-state index is 10.7. The summed E-state index contributed by atoms with van der Waals surface area (Å²) in [6, 6.07) is 0. The fraction of sp³-hybridized carbons (Fsp3) is 0.889. The van der Waals surface area contributed by atoms with Gasteiger partial charge in [0, 0.05) is 0 Å². The molecule has 0 heterocycles. The number of carbonyl (C=O) groups is 1. The first-order valence-corrected chi connectivity index (χ1v) is 4.65. The predicted molar refractivity (Wildman–Crippen MR) is 48.9 cm³/mol. The van der Waals surface area contributed by atoms with Gasteiger partial charge in [0.25, 0.3) is 0 Å². The summed E-state index contributed by atoms with van der Waals surface area (Å²) in [7, 11) is 0. The Morgan fingerprint density at radius 3 is 2.50 bits per heavy atom. The van der Waals surface area contributed by atoms with E-state index in [9.17, 15) is 4.79 Å². The molecular formula is C9H19NO2. The summed E-state index contributed by atoms with van der Waals surface area (Å²) >= 11 is 0. The van der Waals surface area contributed by atoms with Crippen LogP contribution < -0.4 is 5.73 Å². The third-order valence-electron chi connectivity index (χ3n) is 1.99. The van der Waals surface area contributed by atoms with E-state index in [1.54, 1.807) is 0 Å². The molecule has 0 spiro atoms. The van der Waals surface area contributed by atoms with Crippen LogP contribution in [0.4, 0.5) is 0 Å². The minimum Gasteiger partial charge on any atom is -0.481 e. The van der Waals surface area contributed by atoms with Crippen molar-refractivity contribution in [3.8, 4) is 0 Å². The molecule has 0 unspecified atom stereocenters. The molecule has 0 aromatic heterocycles. The van der Waals surface area contributed by atoms with Gasteiger partial charge in [-0.3, -0.25) is 4.79 Å². The summed E-state index contributed by atoms with van der Waals surface area (Å²) in [5, 5.41) is 8.77. The highest BCUT2D eigenvalue weighted by atomic mass is 16.4. The highest BCUT2D eigenvalue weighted by Gasteiger charge is 2.14. The number of nitrogens with two attached hydrogens (primary N) is 1. The van der Waals surface area contributed by atoms with Crippen molar-refractivity contribution in [2.45, 2.75) is 39.0 Å². The topological polar surface area (TPSA) is 63.3 Å². The smallest absolute Gasteiger partial charge is 0.306 e. The first-order chi connectivity index (χ1) is 5.72. The third kappa shape index (κ3) is 5.13. The average molecular weight is 173 g/mol. The number of carboxylic acids is 1. The fourth-order valence-electron chi connectivity index (χ4n) is 1.27. The quantitative estimate of drug-likeness (QED) is 0.575. The molecule has 0 aliphatic heterocycles. The Balaban J connectivity index is 3.56. The van der Waals surface area contributed by atoms with Crippen LogP contribution >= 0.6 is 0 Å². The van der Waals surface area contributed by atoms with Crippen molar-refractivity contribution < 1.29 is 9.90 Å². The molecule has 3 N–H and O–H groups in total. The van der Waals surface area contributed by atoms with Crippen molar-refractivity contribution in [3.63, 3.8) is 0 Å². The molecule has 1 atom stereocenters. The van der Waals surface area contributed by atoms with E-state index in [0.29, 0.717) is 6.54 Å². The molecule has 0 radical (unpaired) electrons. The molecule has 12 heavy (non-hydrogen) atoms. The van der Waals surface area contributed by atoms with E-state index in [2.05, 4.69) is 0 Å². The van der Waals surface area contributed by atoms with Crippen LogP contribution in [0, 0.1) is 5.92 Å². The van der Waals surface area contributed by atoms with E-state index in [1.807, 2.05) is 6.92 Å². The van der Waals surface area contributed by atoms with E-state index < -0.39 is 5.97 Å². The lowest BCUT2D eigenvalue weighted by Crippen LogP contribution is -2.13. The number of hydrogen-bond acceptors (Lipinski definition) is 2. The second kappa shape index (κ2) is 7.10. The van der Waals surface area contributed by atoms with Gasteiger partial charge in [-0.2, -0.15) is 0 Å². The Morgan fingerprint density at radius 1 is 1.42 bits per heavy atom. The fourth-order valence-corrected chi connectivity index (χ4v) is 1.27. The Morgan fingerprint density at radius 2 is 2.08 bits per heavy atom. The maximum atomic E-state index is 10.7. The largest absolute Gasteiger partial charge is 0.481 e. The molecule has 0 aliphatic carbocycles. The van der Waals surface area contributed by atoms with Crippen molar-refractivity contribution in [1.82, 2.24) is 0 Å². The highest BCUT2D eigenvalue weighted by molar-refractivity contribution is 5.69. The van der Waals surface area contributed by atoms with Crippen molar-refractivity contribution in [2.75, 3.05) is 6.54 Å². The Hall–Kier alpha value is -0.570. The number of hydrogen-bond donors (Lipinski definition) is 2. The van der Waals surface area contributed by atoms with E-state index in [1.165, 1.54) is 0 Å².